The molecular formula is C12H14N6O2. The third-order valence-corrected chi connectivity index (χ3v) is 3.80. The summed E-state index contributed by atoms with van der Waals surface area (Å²) in [6.07, 6.45) is 5.66. The molecule has 0 amide bonds. The molecule has 3 rings (SSSR count). The van der Waals surface area contributed by atoms with Crippen LogP contribution in [0.1, 0.15) is 46.7 Å². The molecule has 8 heteroatoms. The topological polar surface area (TPSA) is 117 Å². The van der Waals surface area contributed by atoms with Crippen LogP contribution in [0.2, 0.25) is 0 Å². The van der Waals surface area contributed by atoms with Crippen LogP contribution in [0.4, 0.5) is 0 Å². The lowest BCUT2D eigenvalue weighted by Gasteiger charge is -2.25. The fourth-order valence-electron chi connectivity index (χ4n) is 2.68. The van der Waals surface area contributed by atoms with E-state index in [1.54, 1.807) is 0 Å². The van der Waals surface area contributed by atoms with Gasteiger partial charge in [0.05, 0.1) is 12.4 Å². The number of aromatic nitrogens is 6. The number of carbonyl (C=O) groups excluding carboxylic acids is 2. The van der Waals surface area contributed by atoms with E-state index >= 15 is 0 Å². The van der Waals surface area contributed by atoms with Gasteiger partial charge < -0.3 is 0 Å². The number of H-pyrrole nitrogens is 2. The minimum Gasteiger partial charge on any atom is -0.292 e. The van der Waals surface area contributed by atoms with Gasteiger partial charge in [0, 0.05) is 11.8 Å². The molecule has 0 unspecified atom stereocenters. The SMILES string of the molecule is O=C(c1cn[nH]n1)C1CCC(C(=O)c2cn[nH]n2)CC1. The summed E-state index contributed by atoms with van der Waals surface area (Å²) in [7, 11) is 0. The van der Waals surface area contributed by atoms with Gasteiger partial charge in [-0.05, 0) is 25.7 Å². The zero-order valence-corrected chi connectivity index (χ0v) is 10.7. The second kappa shape index (κ2) is 5.32. The van der Waals surface area contributed by atoms with Gasteiger partial charge in [0.15, 0.2) is 11.6 Å². The molecule has 2 heterocycles. The minimum atomic E-state index is -0.0681. The van der Waals surface area contributed by atoms with E-state index in [1.807, 2.05) is 0 Å². The van der Waals surface area contributed by atoms with Crippen LogP contribution in [0.15, 0.2) is 12.4 Å². The van der Waals surface area contributed by atoms with E-state index in [1.165, 1.54) is 12.4 Å². The highest BCUT2D eigenvalue weighted by atomic mass is 16.1. The van der Waals surface area contributed by atoms with E-state index in [-0.39, 0.29) is 23.4 Å². The van der Waals surface area contributed by atoms with Crippen molar-refractivity contribution in [2.45, 2.75) is 25.7 Å². The molecule has 0 atom stereocenters. The molecule has 0 spiro atoms. The maximum Gasteiger partial charge on any atom is 0.187 e. The molecule has 0 saturated heterocycles. The van der Waals surface area contributed by atoms with Crippen LogP contribution >= 0.6 is 0 Å². The van der Waals surface area contributed by atoms with Crippen molar-refractivity contribution >= 4 is 11.6 Å². The molecule has 20 heavy (non-hydrogen) atoms. The molecular weight excluding hydrogens is 260 g/mol. The second-order valence-corrected chi connectivity index (χ2v) is 4.99. The monoisotopic (exact) mass is 274 g/mol. The van der Waals surface area contributed by atoms with Crippen molar-refractivity contribution in [3.05, 3.63) is 23.8 Å². The van der Waals surface area contributed by atoms with Crippen LogP contribution in [0.3, 0.4) is 0 Å². The fourth-order valence-corrected chi connectivity index (χ4v) is 2.68. The van der Waals surface area contributed by atoms with E-state index < -0.39 is 0 Å². The summed E-state index contributed by atoms with van der Waals surface area (Å²) in [5, 5.41) is 19.8. The number of rotatable bonds is 4. The Morgan fingerprint density at radius 2 is 1.25 bits per heavy atom. The summed E-state index contributed by atoms with van der Waals surface area (Å²) in [5.41, 5.74) is 0.743. The van der Waals surface area contributed by atoms with Crippen LogP contribution in [-0.2, 0) is 0 Å². The van der Waals surface area contributed by atoms with E-state index in [4.69, 9.17) is 0 Å². The number of carbonyl (C=O) groups is 2. The maximum absolute atomic E-state index is 12.1. The quantitative estimate of drug-likeness (QED) is 0.796. The Balaban J connectivity index is 1.60. The molecule has 0 aromatic carbocycles. The van der Waals surface area contributed by atoms with Crippen LogP contribution in [0, 0.1) is 11.8 Å². The maximum atomic E-state index is 12.1. The third-order valence-electron chi connectivity index (χ3n) is 3.80. The van der Waals surface area contributed by atoms with E-state index in [2.05, 4.69) is 30.8 Å². The molecule has 1 aliphatic rings. The Morgan fingerprint density at radius 1 is 0.850 bits per heavy atom. The predicted octanol–water partition coefficient (Wildman–Crippen LogP) is 0.795. The van der Waals surface area contributed by atoms with Crippen molar-refractivity contribution in [2.24, 2.45) is 11.8 Å². The number of nitrogens with zero attached hydrogens (tertiary/aromatic N) is 4. The van der Waals surface area contributed by atoms with Gasteiger partial charge >= 0.3 is 0 Å². The second-order valence-electron chi connectivity index (χ2n) is 4.99. The van der Waals surface area contributed by atoms with Crippen molar-refractivity contribution in [3.8, 4) is 0 Å². The Labute approximate surface area is 114 Å². The smallest absolute Gasteiger partial charge is 0.187 e. The van der Waals surface area contributed by atoms with E-state index in [0.717, 1.165) is 0 Å². The van der Waals surface area contributed by atoms with Crippen molar-refractivity contribution in [2.75, 3.05) is 0 Å². The molecule has 1 fully saturated rings. The minimum absolute atomic E-state index is 0.00563. The van der Waals surface area contributed by atoms with Crippen molar-refractivity contribution in [1.29, 1.82) is 0 Å². The Kier molecular flexibility index (Phi) is 3.36. The molecule has 2 aromatic rings. The first-order valence-electron chi connectivity index (χ1n) is 6.55. The van der Waals surface area contributed by atoms with Gasteiger partial charge in [-0.3, -0.25) is 9.59 Å². The molecule has 0 radical (unpaired) electrons. The van der Waals surface area contributed by atoms with Gasteiger partial charge in [-0.2, -0.15) is 30.8 Å². The van der Waals surface area contributed by atoms with Crippen LogP contribution in [0.25, 0.3) is 0 Å². The predicted molar refractivity (Wildman–Crippen MR) is 66.9 cm³/mol. The lowest BCUT2D eigenvalue weighted by molar-refractivity contribution is 0.0792. The van der Waals surface area contributed by atoms with Gasteiger partial charge in [0.1, 0.15) is 11.4 Å². The van der Waals surface area contributed by atoms with E-state index in [9.17, 15) is 9.59 Å². The molecule has 1 saturated carbocycles. The van der Waals surface area contributed by atoms with Gasteiger partial charge in [-0.15, -0.1) is 0 Å². The lowest BCUT2D eigenvalue weighted by atomic mass is 9.77. The Hall–Kier alpha value is -2.38. The summed E-state index contributed by atoms with van der Waals surface area (Å²) >= 11 is 0. The van der Waals surface area contributed by atoms with Crippen molar-refractivity contribution in [3.63, 3.8) is 0 Å². The molecule has 2 aromatic heterocycles. The number of aromatic amines is 2. The Morgan fingerprint density at radius 3 is 1.55 bits per heavy atom. The van der Waals surface area contributed by atoms with E-state index in [0.29, 0.717) is 37.1 Å². The van der Waals surface area contributed by atoms with Crippen molar-refractivity contribution < 1.29 is 9.59 Å². The molecule has 0 bridgehead atoms. The highest BCUT2D eigenvalue weighted by molar-refractivity contribution is 5.97. The molecule has 8 nitrogen and oxygen atoms in total. The van der Waals surface area contributed by atoms with Crippen LogP contribution in [-0.4, -0.2) is 42.4 Å². The summed E-state index contributed by atoms with van der Waals surface area (Å²) < 4.78 is 0. The first-order valence-corrected chi connectivity index (χ1v) is 6.55. The Bertz CT molecular complexity index is 529. The standard InChI is InChI=1S/C12H14N6O2/c19-11(9-5-13-17-15-9)7-1-2-8(4-3-7)12(20)10-6-14-18-16-10/h5-8H,1-4H2,(H,13,15,17)(H,14,16,18). The molecule has 2 N–H and O–H groups in total. The fraction of sp³-hybridized carbons (Fsp3) is 0.500. The zero-order valence-electron chi connectivity index (χ0n) is 10.7. The number of hydrogen-bond acceptors (Lipinski definition) is 6. The van der Waals surface area contributed by atoms with Crippen LogP contribution < -0.4 is 0 Å². The summed E-state index contributed by atoms with van der Waals surface area (Å²) in [5.74, 6) is -0.125. The van der Waals surface area contributed by atoms with Crippen molar-refractivity contribution in [1.82, 2.24) is 30.8 Å². The summed E-state index contributed by atoms with van der Waals surface area (Å²) in [6, 6.07) is 0. The van der Waals surface area contributed by atoms with Gasteiger partial charge in [0.25, 0.3) is 0 Å². The highest BCUT2D eigenvalue weighted by Crippen LogP contribution is 2.32. The normalized spacial score (nSPS) is 22.6. The molecule has 104 valence electrons. The zero-order chi connectivity index (χ0) is 13.9. The third kappa shape index (κ3) is 2.36. The number of nitrogens with one attached hydrogen (secondary N) is 2. The highest BCUT2D eigenvalue weighted by Gasteiger charge is 2.32. The number of ketones is 2. The summed E-state index contributed by atoms with van der Waals surface area (Å²) in [6.45, 7) is 0. The lowest BCUT2D eigenvalue weighted by Crippen LogP contribution is -2.26. The van der Waals surface area contributed by atoms with Gasteiger partial charge in [0.2, 0.25) is 0 Å². The van der Waals surface area contributed by atoms with Gasteiger partial charge in [-0.25, -0.2) is 0 Å². The first-order chi connectivity index (χ1) is 9.75. The molecule has 1 aliphatic carbocycles. The van der Waals surface area contributed by atoms with Gasteiger partial charge in [-0.1, -0.05) is 0 Å². The average molecular weight is 274 g/mol. The number of hydrogen-bond donors (Lipinski definition) is 2. The average Bonchev–Trinajstić information content (AvgIpc) is 3.18. The molecule has 0 aliphatic heterocycles. The first kappa shape index (κ1) is 12.6. The number of Topliss-reactive ketones (excluding diaryl/α,β-unsaturated/α-hetero) is 2. The van der Waals surface area contributed by atoms with Crippen LogP contribution in [0.5, 0.6) is 0 Å². The summed E-state index contributed by atoms with van der Waals surface area (Å²) in [4.78, 5) is 24.3. The largest absolute Gasteiger partial charge is 0.292 e.